The Kier molecular flexibility index (Phi) is 6.57. The van der Waals surface area contributed by atoms with Crippen molar-refractivity contribution in [1.29, 1.82) is 0 Å². The average molecular weight is 248 g/mol. The normalized spacial score (nSPS) is 26.5. The smallest absolute Gasteiger partial charge is 0.158 e. The Balaban J connectivity index is 2.23. The van der Waals surface area contributed by atoms with Crippen LogP contribution in [0.2, 0.25) is 0 Å². The van der Waals surface area contributed by atoms with Crippen molar-refractivity contribution in [3.05, 3.63) is 0 Å². The summed E-state index contributed by atoms with van der Waals surface area (Å²) in [4.78, 5) is 11.8. The van der Waals surface area contributed by atoms with E-state index in [2.05, 4.69) is 6.92 Å². The number of carbonyl (C=O) groups excluding carboxylic acids is 1. The zero-order chi connectivity index (χ0) is 11.1. The van der Waals surface area contributed by atoms with Gasteiger partial charge in [-0.3, -0.25) is 9.00 Å². The van der Waals surface area contributed by atoms with Crippen LogP contribution < -0.4 is 0 Å². The van der Waals surface area contributed by atoms with E-state index in [9.17, 15) is 9.00 Å². The third-order valence-electron chi connectivity index (χ3n) is 2.54. The minimum Gasteiger partial charge on any atom is -0.297 e. The minimum absolute atomic E-state index is 0.208. The van der Waals surface area contributed by atoms with Crippen molar-refractivity contribution in [2.45, 2.75) is 50.0 Å². The van der Waals surface area contributed by atoms with E-state index in [1.807, 2.05) is 0 Å². The van der Waals surface area contributed by atoms with Crippen LogP contribution in [0.25, 0.3) is 0 Å². The lowest BCUT2D eigenvalue weighted by atomic mass is 10.1. The maximum Gasteiger partial charge on any atom is 0.158 e. The van der Waals surface area contributed by atoms with Crippen LogP contribution in [-0.2, 0) is 15.6 Å². The third-order valence-corrected chi connectivity index (χ3v) is 6.11. The van der Waals surface area contributed by atoms with E-state index in [0.717, 1.165) is 30.8 Å². The van der Waals surface area contributed by atoms with Gasteiger partial charge in [0, 0.05) is 23.0 Å². The van der Waals surface area contributed by atoms with Crippen molar-refractivity contribution in [2.24, 2.45) is 0 Å². The van der Waals surface area contributed by atoms with Gasteiger partial charge in [0.2, 0.25) is 0 Å². The van der Waals surface area contributed by atoms with Gasteiger partial charge in [-0.2, -0.15) is 0 Å². The first-order valence-electron chi connectivity index (χ1n) is 5.77. The molecule has 1 saturated heterocycles. The molecule has 4 heteroatoms. The second kappa shape index (κ2) is 7.44. The van der Waals surface area contributed by atoms with Crippen LogP contribution in [0.5, 0.6) is 0 Å². The molecule has 0 N–H and O–H groups in total. The van der Waals surface area contributed by atoms with Gasteiger partial charge >= 0.3 is 0 Å². The molecule has 1 aliphatic rings. The molecule has 0 aromatic heterocycles. The van der Waals surface area contributed by atoms with E-state index in [1.165, 1.54) is 12.8 Å². The van der Waals surface area contributed by atoms with Gasteiger partial charge in [-0.1, -0.05) is 26.2 Å². The molecule has 2 atom stereocenters. The van der Waals surface area contributed by atoms with Crippen LogP contribution in [0.3, 0.4) is 0 Å². The van der Waals surface area contributed by atoms with E-state index in [4.69, 9.17) is 0 Å². The molecule has 1 fully saturated rings. The number of hydrogen-bond acceptors (Lipinski definition) is 3. The van der Waals surface area contributed by atoms with Crippen LogP contribution in [-0.4, -0.2) is 26.1 Å². The zero-order valence-electron chi connectivity index (χ0n) is 9.37. The van der Waals surface area contributed by atoms with Gasteiger partial charge in [0.05, 0.1) is 0 Å². The SMILES string of the molecule is CCCCCCC(=O)C1SCCCS1=O. The third kappa shape index (κ3) is 4.68. The molecule has 15 heavy (non-hydrogen) atoms. The van der Waals surface area contributed by atoms with Gasteiger partial charge in [-0.15, -0.1) is 11.8 Å². The largest absolute Gasteiger partial charge is 0.297 e. The highest BCUT2D eigenvalue weighted by Gasteiger charge is 2.27. The molecule has 0 aromatic carbocycles. The predicted octanol–water partition coefficient (Wildman–Crippen LogP) is 2.74. The first kappa shape index (κ1) is 13.2. The molecule has 2 nitrogen and oxygen atoms in total. The van der Waals surface area contributed by atoms with Crippen LogP contribution in [0.4, 0.5) is 0 Å². The molecule has 0 amide bonds. The van der Waals surface area contributed by atoms with Gasteiger partial charge in [-0.05, 0) is 18.6 Å². The highest BCUT2D eigenvalue weighted by atomic mass is 32.2. The standard InChI is InChI=1S/C11H20O2S2/c1-2-3-4-5-7-10(12)11-14-8-6-9-15(11)13/h11H,2-9H2,1H3. The summed E-state index contributed by atoms with van der Waals surface area (Å²) in [7, 11) is -0.902. The topological polar surface area (TPSA) is 34.1 Å². The summed E-state index contributed by atoms with van der Waals surface area (Å²) >= 11 is 1.59. The molecule has 1 heterocycles. The quantitative estimate of drug-likeness (QED) is 0.678. The number of unbranched alkanes of at least 4 members (excludes halogenated alkanes) is 3. The lowest BCUT2D eigenvalue weighted by Crippen LogP contribution is -2.28. The average Bonchev–Trinajstić information content (AvgIpc) is 2.25. The van der Waals surface area contributed by atoms with Crippen LogP contribution in [0.15, 0.2) is 0 Å². The van der Waals surface area contributed by atoms with E-state index >= 15 is 0 Å². The van der Waals surface area contributed by atoms with Crippen molar-refractivity contribution >= 4 is 28.3 Å². The highest BCUT2D eigenvalue weighted by Crippen LogP contribution is 2.24. The maximum atomic E-state index is 11.8. The summed E-state index contributed by atoms with van der Waals surface area (Å²) in [6, 6.07) is 0. The number of hydrogen-bond donors (Lipinski definition) is 0. The van der Waals surface area contributed by atoms with Crippen LogP contribution in [0, 0.1) is 0 Å². The summed E-state index contributed by atoms with van der Waals surface area (Å²) in [5.41, 5.74) is 0. The molecule has 0 bridgehead atoms. The molecule has 1 aliphatic heterocycles. The first-order chi connectivity index (χ1) is 7.25. The Bertz CT molecular complexity index is 229. The van der Waals surface area contributed by atoms with Gasteiger partial charge < -0.3 is 0 Å². The summed E-state index contributed by atoms with van der Waals surface area (Å²) in [5.74, 6) is 1.93. The fourth-order valence-electron chi connectivity index (χ4n) is 1.66. The fourth-order valence-corrected chi connectivity index (χ4v) is 4.91. The lowest BCUT2D eigenvalue weighted by Gasteiger charge is -2.19. The Hall–Kier alpha value is 0.170. The Labute approximate surface area is 99.0 Å². The fraction of sp³-hybridized carbons (Fsp3) is 0.909. The number of carbonyl (C=O) groups is 1. The Morgan fingerprint density at radius 1 is 1.40 bits per heavy atom. The summed E-state index contributed by atoms with van der Waals surface area (Å²) in [6.45, 7) is 2.16. The van der Waals surface area contributed by atoms with Gasteiger partial charge in [0.15, 0.2) is 5.78 Å². The number of Topliss-reactive ketones (excluding diaryl/α,β-unsaturated/α-hetero) is 1. The molecule has 0 aromatic rings. The van der Waals surface area contributed by atoms with E-state index < -0.39 is 10.8 Å². The van der Waals surface area contributed by atoms with Crippen molar-refractivity contribution in [3.63, 3.8) is 0 Å². The van der Waals surface area contributed by atoms with Crippen molar-refractivity contribution in [1.82, 2.24) is 0 Å². The van der Waals surface area contributed by atoms with Gasteiger partial charge in [0.1, 0.15) is 4.58 Å². The van der Waals surface area contributed by atoms with Crippen molar-refractivity contribution in [3.8, 4) is 0 Å². The molecule has 1 rings (SSSR count). The molecule has 0 radical (unpaired) electrons. The first-order valence-corrected chi connectivity index (χ1v) is 8.20. The van der Waals surface area contributed by atoms with Crippen LogP contribution in [0.1, 0.15) is 45.4 Å². The van der Waals surface area contributed by atoms with Gasteiger partial charge in [0.25, 0.3) is 0 Å². The monoisotopic (exact) mass is 248 g/mol. The molecule has 0 aliphatic carbocycles. The van der Waals surface area contributed by atoms with Crippen LogP contribution >= 0.6 is 11.8 Å². The lowest BCUT2D eigenvalue weighted by molar-refractivity contribution is -0.117. The summed E-state index contributed by atoms with van der Waals surface area (Å²) in [6.07, 6.45) is 6.12. The number of rotatable bonds is 6. The summed E-state index contributed by atoms with van der Waals surface area (Å²) in [5, 5.41) is 0. The summed E-state index contributed by atoms with van der Waals surface area (Å²) < 4.78 is 11.4. The zero-order valence-corrected chi connectivity index (χ0v) is 11.0. The second-order valence-electron chi connectivity index (χ2n) is 3.92. The second-order valence-corrected chi connectivity index (χ2v) is 7.07. The molecule has 0 spiro atoms. The predicted molar refractivity (Wildman–Crippen MR) is 67.6 cm³/mol. The molecule has 2 unspecified atom stereocenters. The Morgan fingerprint density at radius 2 is 2.20 bits per heavy atom. The van der Waals surface area contributed by atoms with E-state index in [1.54, 1.807) is 11.8 Å². The Morgan fingerprint density at radius 3 is 2.87 bits per heavy atom. The molecule has 0 saturated carbocycles. The number of thioether (sulfide) groups is 1. The van der Waals surface area contributed by atoms with E-state index in [0.29, 0.717) is 6.42 Å². The van der Waals surface area contributed by atoms with Crippen molar-refractivity contribution < 1.29 is 9.00 Å². The minimum atomic E-state index is -0.902. The number of ketones is 1. The highest BCUT2D eigenvalue weighted by molar-refractivity contribution is 8.12. The van der Waals surface area contributed by atoms with Crippen molar-refractivity contribution in [2.75, 3.05) is 11.5 Å². The van der Waals surface area contributed by atoms with E-state index in [-0.39, 0.29) is 10.4 Å². The maximum absolute atomic E-state index is 11.8. The molecule has 88 valence electrons. The van der Waals surface area contributed by atoms with Gasteiger partial charge in [-0.25, -0.2) is 0 Å². The molecular weight excluding hydrogens is 228 g/mol. The molecular formula is C11H20O2S2.